The average Bonchev–Trinajstić information content (AvgIpc) is 2.81. The van der Waals surface area contributed by atoms with E-state index in [1.54, 1.807) is 6.20 Å². The van der Waals surface area contributed by atoms with Crippen molar-refractivity contribution in [2.75, 3.05) is 11.9 Å². The molecule has 0 aromatic carbocycles. The lowest BCUT2D eigenvalue weighted by molar-refractivity contribution is 0.653. The summed E-state index contributed by atoms with van der Waals surface area (Å²) in [7, 11) is 2.11. The van der Waals surface area contributed by atoms with Gasteiger partial charge in [-0.1, -0.05) is 12.8 Å². The Morgan fingerprint density at radius 2 is 2.19 bits per heavy atom. The first-order chi connectivity index (χ1) is 7.68. The summed E-state index contributed by atoms with van der Waals surface area (Å²) < 4.78 is 0. The molecule has 1 aliphatic rings. The molecule has 4 heteroatoms. The third-order valence-corrected chi connectivity index (χ3v) is 3.30. The molecule has 0 spiro atoms. The highest BCUT2D eigenvalue weighted by molar-refractivity contribution is 5.93. The summed E-state index contributed by atoms with van der Waals surface area (Å²) in [6.07, 6.45) is 6.87. The lowest BCUT2D eigenvalue weighted by atomic mass is 10.2. The van der Waals surface area contributed by atoms with E-state index in [1.165, 1.54) is 25.7 Å². The van der Waals surface area contributed by atoms with Crippen molar-refractivity contribution < 1.29 is 0 Å². The molecule has 1 aliphatic carbocycles. The van der Waals surface area contributed by atoms with Crippen LogP contribution in [0.5, 0.6) is 0 Å². The highest BCUT2D eigenvalue weighted by atomic mass is 15.1. The first-order valence-corrected chi connectivity index (χ1v) is 5.72. The molecule has 0 aliphatic heterocycles. The molecule has 0 unspecified atom stereocenters. The highest BCUT2D eigenvalue weighted by Crippen LogP contribution is 2.26. The fourth-order valence-electron chi connectivity index (χ4n) is 2.29. The van der Waals surface area contributed by atoms with Crippen molar-refractivity contribution >= 4 is 11.5 Å². The van der Waals surface area contributed by atoms with Crippen molar-refractivity contribution in [3.05, 3.63) is 24.0 Å². The number of pyridine rings is 1. The predicted molar refractivity (Wildman–Crippen MR) is 65.9 cm³/mol. The number of nitrogens with one attached hydrogen (secondary N) is 1. The van der Waals surface area contributed by atoms with E-state index in [-0.39, 0.29) is 5.84 Å². The van der Waals surface area contributed by atoms with Crippen LogP contribution in [0.2, 0.25) is 0 Å². The third-order valence-electron chi connectivity index (χ3n) is 3.30. The van der Waals surface area contributed by atoms with Gasteiger partial charge in [0, 0.05) is 25.0 Å². The summed E-state index contributed by atoms with van der Waals surface area (Å²) in [4.78, 5) is 6.35. The van der Waals surface area contributed by atoms with Crippen LogP contribution in [0.15, 0.2) is 18.3 Å². The molecule has 1 aromatic rings. The van der Waals surface area contributed by atoms with Gasteiger partial charge in [-0.25, -0.2) is 0 Å². The van der Waals surface area contributed by atoms with E-state index in [0.29, 0.717) is 11.7 Å². The molecule has 1 saturated carbocycles. The molecule has 16 heavy (non-hydrogen) atoms. The van der Waals surface area contributed by atoms with Crippen molar-refractivity contribution in [3.63, 3.8) is 0 Å². The van der Waals surface area contributed by atoms with Crippen molar-refractivity contribution in [3.8, 4) is 0 Å². The highest BCUT2D eigenvalue weighted by Gasteiger charge is 2.20. The van der Waals surface area contributed by atoms with Crippen molar-refractivity contribution in [2.24, 2.45) is 5.73 Å². The van der Waals surface area contributed by atoms with E-state index in [0.717, 1.165) is 5.69 Å². The molecule has 3 N–H and O–H groups in total. The minimum atomic E-state index is 0.0293. The Hall–Kier alpha value is -1.58. The van der Waals surface area contributed by atoms with E-state index in [2.05, 4.69) is 16.9 Å². The number of rotatable bonds is 3. The Bertz CT molecular complexity index is 382. The Kier molecular flexibility index (Phi) is 3.08. The van der Waals surface area contributed by atoms with E-state index >= 15 is 0 Å². The van der Waals surface area contributed by atoms with Crippen LogP contribution in [0, 0.1) is 5.41 Å². The van der Waals surface area contributed by atoms with Crippen molar-refractivity contribution in [2.45, 2.75) is 31.7 Å². The molecule has 1 heterocycles. The maximum Gasteiger partial charge on any atom is 0.141 e. The first kappa shape index (κ1) is 10.9. The Morgan fingerprint density at radius 1 is 1.50 bits per heavy atom. The second-order valence-electron chi connectivity index (χ2n) is 4.36. The fourth-order valence-corrected chi connectivity index (χ4v) is 2.29. The van der Waals surface area contributed by atoms with Gasteiger partial charge in [-0.05, 0) is 25.0 Å². The quantitative estimate of drug-likeness (QED) is 0.600. The number of nitrogens with zero attached hydrogens (tertiary/aromatic N) is 2. The minimum absolute atomic E-state index is 0.0293. The van der Waals surface area contributed by atoms with E-state index in [9.17, 15) is 0 Å². The molecule has 0 bridgehead atoms. The maximum atomic E-state index is 7.38. The number of hydrogen-bond acceptors (Lipinski definition) is 3. The lowest BCUT2D eigenvalue weighted by Crippen LogP contribution is -2.29. The minimum Gasteiger partial charge on any atom is -0.382 e. The van der Waals surface area contributed by atoms with Gasteiger partial charge >= 0.3 is 0 Å². The molecule has 0 radical (unpaired) electrons. The van der Waals surface area contributed by atoms with Gasteiger partial charge in [0.15, 0.2) is 0 Å². The predicted octanol–water partition coefficient (Wildman–Crippen LogP) is 1.74. The van der Waals surface area contributed by atoms with Crippen LogP contribution in [-0.2, 0) is 0 Å². The van der Waals surface area contributed by atoms with Gasteiger partial charge in [-0.2, -0.15) is 0 Å². The molecule has 86 valence electrons. The van der Waals surface area contributed by atoms with Gasteiger partial charge in [0.1, 0.15) is 11.5 Å². The van der Waals surface area contributed by atoms with E-state index in [1.807, 2.05) is 12.1 Å². The summed E-state index contributed by atoms with van der Waals surface area (Å²) in [5.74, 6) is 0.0293. The Labute approximate surface area is 96.0 Å². The van der Waals surface area contributed by atoms with Gasteiger partial charge in [-0.15, -0.1) is 0 Å². The topological polar surface area (TPSA) is 66.0 Å². The third kappa shape index (κ3) is 2.15. The molecule has 0 amide bonds. The maximum absolute atomic E-state index is 7.38. The van der Waals surface area contributed by atoms with Crippen molar-refractivity contribution in [1.29, 1.82) is 5.41 Å². The van der Waals surface area contributed by atoms with E-state index < -0.39 is 0 Å². The zero-order valence-corrected chi connectivity index (χ0v) is 9.61. The van der Waals surface area contributed by atoms with Gasteiger partial charge < -0.3 is 10.6 Å². The molecular weight excluding hydrogens is 200 g/mol. The smallest absolute Gasteiger partial charge is 0.141 e. The lowest BCUT2D eigenvalue weighted by Gasteiger charge is -2.26. The standard InChI is InChI=1S/C12H18N4/c1-16(9-4-2-3-5-9)10-6-7-15-11(8-10)12(13)14/h6-9H,2-5H2,1H3,(H3,13,14). The fraction of sp³-hybridized carbons (Fsp3) is 0.500. The van der Waals surface area contributed by atoms with Crippen LogP contribution in [0.25, 0.3) is 0 Å². The van der Waals surface area contributed by atoms with Gasteiger partial charge in [-0.3, -0.25) is 10.4 Å². The monoisotopic (exact) mass is 218 g/mol. The summed E-state index contributed by atoms with van der Waals surface area (Å²) in [6, 6.07) is 4.49. The summed E-state index contributed by atoms with van der Waals surface area (Å²) in [5, 5.41) is 7.38. The number of nitrogens with two attached hydrogens (primary N) is 1. The van der Waals surface area contributed by atoms with Crippen LogP contribution in [-0.4, -0.2) is 23.9 Å². The normalized spacial score (nSPS) is 16.3. The SMILES string of the molecule is CN(c1ccnc(C(=N)N)c1)C1CCCC1. The van der Waals surface area contributed by atoms with E-state index in [4.69, 9.17) is 11.1 Å². The van der Waals surface area contributed by atoms with Crippen molar-refractivity contribution in [1.82, 2.24) is 4.98 Å². The Balaban J connectivity index is 2.18. The van der Waals surface area contributed by atoms with Crippen LogP contribution in [0.3, 0.4) is 0 Å². The number of nitrogen functional groups attached to an aromatic ring is 1. The number of hydrogen-bond donors (Lipinski definition) is 2. The molecule has 0 atom stereocenters. The first-order valence-electron chi connectivity index (χ1n) is 5.72. The molecule has 0 saturated heterocycles. The zero-order valence-electron chi connectivity index (χ0n) is 9.61. The Morgan fingerprint density at radius 3 is 2.81 bits per heavy atom. The number of anilines is 1. The summed E-state index contributed by atoms with van der Waals surface area (Å²) in [5.41, 5.74) is 7.10. The molecule has 4 nitrogen and oxygen atoms in total. The second kappa shape index (κ2) is 4.51. The molecular formula is C12H18N4. The average molecular weight is 218 g/mol. The van der Waals surface area contributed by atoms with Crippen LogP contribution >= 0.6 is 0 Å². The molecule has 2 rings (SSSR count). The van der Waals surface area contributed by atoms with Crippen LogP contribution in [0.4, 0.5) is 5.69 Å². The van der Waals surface area contributed by atoms with Crippen LogP contribution < -0.4 is 10.6 Å². The second-order valence-corrected chi connectivity index (χ2v) is 4.36. The molecule has 1 fully saturated rings. The van der Waals surface area contributed by atoms with Gasteiger partial charge in [0.05, 0.1) is 0 Å². The number of amidine groups is 1. The van der Waals surface area contributed by atoms with Gasteiger partial charge in [0.25, 0.3) is 0 Å². The zero-order chi connectivity index (χ0) is 11.5. The van der Waals surface area contributed by atoms with Gasteiger partial charge in [0.2, 0.25) is 0 Å². The molecule has 1 aromatic heterocycles. The summed E-state index contributed by atoms with van der Waals surface area (Å²) in [6.45, 7) is 0. The summed E-state index contributed by atoms with van der Waals surface area (Å²) >= 11 is 0. The van der Waals surface area contributed by atoms with Crippen LogP contribution in [0.1, 0.15) is 31.4 Å². The largest absolute Gasteiger partial charge is 0.382 e. The number of aromatic nitrogens is 1.